The lowest BCUT2D eigenvalue weighted by molar-refractivity contribution is -0.135. The maximum absolute atomic E-state index is 13.3. The second kappa shape index (κ2) is 12.3. The average molecular weight is 497 g/mol. The fourth-order valence-corrected chi connectivity index (χ4v) is 5.34. The second-order valence-corrected chi connectivity index (χ2v) is 10.1. The number of likely N-dealkylation sites (tertiary alicyclic amines) is 1. The van der Waals surface area contributed by atoms with Crippen LogP contribution in [0.25, 0.3) is 0 Å². The topological polar surface area (TPSA) is 101 Å². The maximum atomic E-state index is 13.3. The molecule has 2 aromatic rings. The third kappa shape index (κ3) is 6.84. The van der Waals surface area contributed by atoms with Gasteiger partial charge in [0.2, 0.25) is 11.8 Å². The molecule has 36 heavy (non-hydrogen) atoms. The predicted octanol–water partition coefficient (Wildman–Crippen LogP) is 2.41. The quantitative estimate of drug-likeness (QED) is 0.659. The van der Waals surface area contributed by atoms with Crippen molar-refractivity contribution in [3.63, 3.8) is 0 Å². The van der Waals surface area contributed by atoms with E-state index in [0.29, 0.717) is 32.8 Å². The van der Waals surface area contributed by atoms with Gasteiger partial charge in [0.15, 0.2) is 0 Å². The van der Waals surface area contributed by atoms with E-state index in [4.69, 9.17) is 4.74 Å². The van der Waals surface area contributed by atoms with Crippen molar-refractivity contribution in [2.45, 2.75) is 65.3 Å². The largest absolute Gasteiger partial charge is 0.493 e. The van der Waals surface area contributed by atoms with E-state index in [1.54, 1.807) is 0 Å². The number of aryl methyl sites for hydroxylation is 3. The standard InChI is InChI=1S/C27H40N6O3/c1-21-30-22(2)33(31-21)18-15-28-25(34)20-32-16-12-27(13-17-32)11-6-5-9-23-8-3-4-10-24(23)36-19-7-14-29-26(27)35/h3-4,8,10H,5-7,9,11-20H2,1-2H3,(H,28,34)(H,29,35). The molecule has 1 fully saturated rings. The van der Waals surface area contributed by atoms with Gasteiger partial charge in [0.25, 0.3) is 0 Å². The number of hydrogen-bond donors (Lipinski definition) is 2. The summed E-state index contributed by atoms with van der Waals surface area (Å²) in [4.78, 5) is 32.3. The number of hydrogen-bond acceptors (Lipinski definition) is 6. The maximum Gasteiger partial charge on any atom is 0.234 e. The molecule has 2 aliphatic heterocycles. The molecule has 2 N–H and O–H groups in total. The highest BCUT2D eigenvalue weighted by Crippen LogP contribution is 2.37. The molecule has 1 saturated heterocycles. The smallest absolute Gasteiger partial charge is 0.234 e. The number of aromatic nitrogens is 3. The van der Waals surface area contributed by atoms with Gasteiger partial charge in [-0.3, -0.25) is 14.5 Å². The highest BCUT2D eigenvalue weighted by molar-refractivity contribution is 5.83. The van der Waals surface area contributed by atoms with Crippen LogP contribution in [0.5, 0.6) is 5.75 Å². The van der Waals surface area contributed by atoms with Gasteiger partial charge in [0.1, 0.15) is 17.4 Å². The molecule has 1 spiro atoms. The molecule has 9 heteroatoms. The summed E-state index contributed by atoms with van der Waals surface area (Å²) in [5.41, 5.74) is 0.907. The Hall–Kier alpha value is -2.94. The van der Waals surface area contributed by atoms with E-state index in [1.807, 2.05) is 30.7 Å². The highest BCUT2D eigenvalue weighted by Gasteiger charge is 2.40. The first-order valence-electron chi connectivity index (χ1n) is 13.3. The van der Waals surface area contributed by atoms with Crippen molar-refractivity contribution in [2.24, 2.45) is 5.41 Å². The molecular weight excluding hydrogens is 456 g/mol. The highest BCUT2D eigenvalue weighted by atomic mass is 16.5. The fourth-order valence-electron chi connectivity index (χ4n) is 5.34. The van der Waals surface area contributed by atoms with Crippen LogP contribution in [-0.2, 0) is 22.6 Å². The van der Waals surface area contributed by atoms with Crippen LogP contribution in [0.3, 0.4) is 0 Å². The molecule has 0 atom stereocenters. The van der Waals surface area contributed by atoms with E-state index in [1.165, 1.54) is 5.56 Å². The van der Waals surface area contributed by atoms with Crippen LogP contribution >= 0.6 is 0 Å². The minimum absolute atomic E-state index is 0.0125. The Morgan fingerprint density at radius 3 is 2.72 bits per heavy atom. The summed E-state index contributed by atoms with van der Waals surface area (Å²) in [7, 11) is 0. The van der Waals surface area contributed by atoms with Crippen LogP contribution in [0.2, 0.25) is 0 Å². The van der Waals surface area contributed by atoms with Crippen molar-refractivity contribution >= 4 is 11.8 Å². The zero-order valence-electron chi connectivity index (χ0n) is 21.7. The van der Waals surface area contributed by atoms with Crippen molar-refractivity contribution in [3.05, 3.63) is 41.5 Å². The number of amides is 2. The number of piperidine rings is 1. The lowest BCUT2D eigenvalue weighted by Crippen LogP contribution is -2.51. The Balaban J connectivity index is 1.26. The molecule has 1 aromatic carbocycles. The van der Waals surface area contributed by atoms with E-state index >= 15 is 0 Å². The first kappa shape index (κ1) is 26.1. The zero-order chi connectivity index (χ0) is 25.4. The molecule has 4 rings (SSSR count). The van der Waals surface area contributed by atoms with Crippen LogP contribution < -0.4 is 15.4 Å². The third-order valence-corrected chi connectivity index (χ3v) is 7.46. The monoisotopic (exact) mass is 496 g/mol. The summed E-state index contributed by atoms with van der Waals surface area (Å²) in [5, 5.41) is 10.5. The molecule has 0 radical (unpaired) electrons. The fraction of sp³-hybridized carbons (Fsp3) is 0.630. The van der Waals surface area contributed by atoms with E-state index in [9.17, 15) is 9.59 Å². The van der Waals surface area contributed by atoms with Gasteiger partial charge < -0.3 is 15.4 Å². The molecule has 2 aliphatic rings. The molecule has 0 bridgehead atoms. The predicted molar refractivity (Wildman–Crippen MR) is 138 cm³/mol. The van der Waals surface area contributed by atoms with Crippen LogP contribution in [0.15, 0.2) is 24.3 Å². The molecule has 0 unspecified atom stereocenters. The minimum atomic E-state index is -0.343. The number of nitrogens with one attached hydrogen (secondary N) is 2. The lowest BCUT2D eigenvalue weighted by atomic mass is 9.73. The summed E-state index contributed by atoms with van der Waals surface area (Å²) < 4.78 is 7.80. The lowest BCUT2D eigenvalue weighted by Gasteiger charge is -2.40. The van der Waals surface area contributed by atoms with Crippen molar-refractivity contribution < 1.29 is 14.3 Å². The first-order valence-corrected chi connectivity index (χ1v) is 13.3. The van der Waals surface area contributed by atoms with Gasteiger partial charge in [-0.25, -0.2) is 9.67 Å². The van der Waals surface area contributed by atoms with Crippen molar-refractivity contribution in [1.29, 1.82) is 0 Å². The number of benzene rings is 1. The minimum Gasteiger partial charge on any atom is -0.493 e. The van der Waals surface area contributed by atoms with Crippen molar-refractivity contribution in [2.75, 3.05) is 39.3 Å². The van der Waals surface area contributed by atoms with Gasteiger partial charge in [-0.2, -0.15) is 5.10 Å². The number of ether oxygens (including phenoxy) is 1. The molecule has 0 saturated carbocycles. The van der Waals surface area contributed by atoms with Crippen LogP contribution in [0.4, 0.5) is 0 Å². The van der Waals surface area contributed by atoms with Crippen LogP contribution in [0.1, 0.15) is 55.7 Å². The number of carbonyl (C=O) groups is 2. The first-order chi connectivity index (χ1) is 17.4. The second-order valence-electron chi connectivity index (χ2n) is 10.1. The number of nitrogens with zero attached hydrogens (tertiary/aromatic N) is 4. The van der Waals surface area contributed by atoms with Crippen molar-refractivity contribution in [1.82, 2.24) is 30.3 Å². The Morgan fingerprint density at radius 2 is 1.94 bits per heavy atom. The summed E-state index contributed by atoms with van der Waals surface area (Å²) in [6.45, 7) is 8.01. The SMILES string of the molecule is Cc1nc(C)n(CCNC(=O)CN2CCC3(CCCCc4ccccc4OCCCNC3=O)CC2)n1. The molecule has 2 amide bonds. The number of rotatable bonds is 5. The summed E-state index contributed by atoms with van der Waals surface area (Å²) in [6, 6.07) is 8.26. The summed E-state index contributed by atoms with van der Waals surface area (Å²) in [5.74, 6) is 2.74. The number of carbonyl (C=O) groups excluding carboxylic acids is 2. The van der Waals surface area contributed by atoms with Gasteiger partial charge in [0.05, 0.1) is 25.1 Å². The Morgan fingerprint density at radius 1 is 1.14 bits per heavy atom. The van der Waals surface area contributed by atoms with Crippen LogP contribution in [0, 0.1) is 19.3 Å². The Bertz CT molecular complexity index is 1030. The molecule has 196 valence electrons. The summed E-state index contributed by atoms with van der Waals surface area (Å²) >= 11 is 0. The van der Waals surface area contributed by atoms with Gasteiger partial charge >= 0.3 is 0 Å². The van der Waals surface area contributed by atoms with Gasteiger partial charge in [-0.05, 0) is 77.1 Å². The zero-order valence-corrected chi connectivity index (χ0v) is 21.7. The van der Waals surface area contributed by atoms with E-state index < -0.39 is 0 Å². The Kier molecular flexibility index (Phi) is 8.96. The normalized spacial score (nSPS) is 19.2. The molecule has 9 nitrogen and oxygen atoms in total. The van der Waals surface area contributed by atoms with E-state index in [2.05, 4.69) is 37.7 Å². The summed E-state index contributed by atoms with van der Waals surface area (Å²) in [6.07, 6.45) is 6.26. The van der Waals surface area contributed by atoms with Gasteiger partial charge in [-0.15, -0.1) is 0 Å². The third-order valence-electron chi connectivity index (χ3n) is 7.46. The molecule has 0 aliphatic carbocycles. The number of para-hydroxylation sites is 1. The van der Waals surface area contributed by atoms with Gasteiger partial charge in [-0.1, -0.05) is 24.6 Å². The van der Waals surface area contributed by atoms with Crippen LogP contribution in [-0.4, -0.2) is 70.8 Å². The average Bonchev–Trinajstić information content (AvgIpc) is 3.19. The van der Waals surface area contributed by atoms with E-state index in [0.717, 1.165) is 75.4 Å². The molecule has 1 aromatic heterocycles. The number of fused-ring (bicyclic) bond motifs is 1. The molecule has 3 heterocycles. The Labute approximate surface area is 214 Å². The van der Waals surface area contributed by atoms with Gasteiger partial charge in [0, 0.05) is 13.1 Å². The molecular formula is C27H40N6O3. The van der Waals surface area contributed by atoms with Crippen molar-refractivity contribution in [3.8, 4) is 5.75 Å². The van der Waals surface area contributed by atoms with E-state index in [-0.39, 0.29) is 17.2 Å².